The number of amidine groups is 1. The van der Waals surface area contributed by atoms with Crippen LogP contribution in [0.2, 0.25) is 0 Å². The Labute approximate surface area is 193 Å². The summed E-state index contributed by atoms with van der Waals surface area (Å²) >= 11 is 0. The molecular weight excluding hydrogens is 447 g/mol. The third-order valence-corrected chi connectivity index (χ3v) is 10.8. The molecule has 0 unspecified atom stereocenters. The molecule has 33 heavy (non-hydrogen) atoms. The summed E-state index contributed by atoms with van der Waals surface area (Å²) in [5, 5.41) is 2.29. The molecule has 1 aromatic carbocycles. The number of hydrogen-bond acceptors (Lipinski definition) is 7. The number of carbonyl (C=O) groups excluding carboxylic acids is 1. The lowest BCUT2D eigenvalue weighted by atomic mass is 9.86. The highest BCUT2D eigenvalue weighted by Crippen LogP contribution is 2.49. The van der Waals surface area contributed by atoms with Crippen molar-refractivity contribution < 1.29 is 18.1 Å². The molecule has 4 N–H and O–H groups in total. The van der Waals surface area contributed by atoms with Crippen molar-refractivity contribution in [1.29, 1.82) is 0 Å². The first-order valence-corrected chi connectivity index (χ1v) is 12.6. The minimum absolute atomic E-state index is 0.0849. The van der Waals surface area contributed by atoms with Crippen molar-refractivity contribution in [2.75, 3.05) is 18.5 Å². The highest BCUT2D eigenvalue weighted by molar-refractivity contribution is 8.04. The molecule has 0 spiro atoms. The number of hydrogen-bond donors (Lipinski definition) is 4. The van der Waals surface area contributed by atoms with Crippen LogP contribution in [-0.4, -0.2) is 49.1 Å². The first-order valence-electron chi connectivity index (χ1n) is 10.8. The van der Waals surface area contributed by atoms with E-state index in [1.807, 2.05) is 20.8 Å². The molecular formula is C22H29FN6O3S. The van der Waals surface area contributed by atoms with Gasteiger partial charge in [0.25, 0.3) is 5.91 Å². The molecule has 2 aliphatic rings. The second kappa shape index (κ2) is 8.14. The maximum absolute atomic E-state index is 15.1. The van der Waals surface area contributed by atoms with Crippen LogP contribution in [0.4, 0.5) is 10.1 Å². The second-order valence-electron chi connectivity index (χ2n) is 8.90. The molecule has 0 bridgehead atoms. The van der Waals surface area contributed by atoms with Gasteiger partial charge in [-0.3, -0.25) is 18.7 Å². The van der Waals surface area contributed by atoms with Crippen molar-refractivity contribution in [3.8, 4) is 5.88 Å². The molecule has 1 amide bonds. The normalized spacial score (nSPS) is 26.1. The van der Waals surface area contributed by atoms with Crippen LogP contribution in [0.1, 0.15) is 50.2 Å². The summed E-state index contributed by atoms with van der Waals surface area (Å²) in [5.41, 5.74) is 5.78. The first kappa shape index (κ1) is 23.2. The van der Waals surface area contributed by atoms with Gasteiger partial charge in [0.15, 0.2) is 0 Å². The third kappa shape index (κ3) is 3.68. The van der Waals surface area contributed by atoms with E-state index >= 15 is 4.39 Å². The Kier molecular flexibility index (Phi) is 5.73. The van der Waals surface area contributed by atoms with Crippen LogP contribution in [0.5, 0.6) is 5.88 Å². The molecule has 0 radical (unpaired) electrons. The molecule has 11 heteroatoms. The lowest BCUT2D eigenvalue weighted by Crippen LogP contribution is -2.64. The zero-order valence-corrected chi connectivity index (χ0v) is 19.9. The van der Waals surface area contributed by atoms with Gasteiger partial charge in [-0.2, -0.15) is 0 Å². The molecule has 0 aliphatic carbocycles. The molecule has 0 saturated carbocycles. The van der Waals surface area contributed by atoms with Gasteiger partial charge >= 0.3 is 0 Å². The van der Waals surface area contributed by atoms with Gasteiger partial charge in [-0.25, -0.2) is 14.4 Å². The number of aliphatic imine (C=N–C) groups is 1. The van der Waals surface area contributed by atoms with Crippen LogP contribution in [0.25, 0.3) is 0 Å². The Hall–Kier alpha value is -2.92. The molecule has 3 heterocycles. The van der Waals surface area contributed by atoms with E-state index < -0.39 is 37.4 Å². The van der Waals surface area contributed by atoms with Crippen molar-refractivity contribution in [3.05, 3.63) is 47.7 Å². The van der Waals surface area contributed by atoms with Crippen molar-refractivity contribution in [3.63, 3.8) is 0 Å². The maximum Gasteiger partial charge on any atom is 0.275 e. The first-order chi connectivity index (χ1) is 15.5. The smallest absolute Gasteiger partial charge is 0.275 e. The van der Waals surface area contributed by atoms with E-state index in [0.29, 0.717) is 31.1 Å². The monoisotopic (exact) mass is 476 g/mol. The van der Waals surface area contributed by atoms with Gasteiger partial charge in [-0.15, -0.1) is 0 Å². The minimum atomic E-state index is -3.03. The summed E-state index contributed by atoms with van der Waals surface area (Å²) in [4.78, 5) is 25.4. The Morgan fingerprint density at radius 3 is 2.76 bits per heavy atom. The number of carbonyl (C=O) groups is 1. The van der Waals surface area contributed by atoms with Crippen molar-refractivity contribution in [2.45, 2.75) is 49.7 Å². The van der Waals surface area contributed by atoms with Crippen LogP contribution in [-0.2, 0) is 15.7 Å². The van der Waals surface area contributed by atoms with Gasteiger partial charge < -0.3 is 15.8 Å². The Bertz CT molecular complexity index is 1170. The maximum atomic E-state index is 15.1. The average Bonchev–Trinajstić information content (AvgIpc) is 3.19. The third-order valence-electron chi connectivity index (χ3n) is 6.58. The molecule has 4 rings (SSSR count). The summed E-state index contributed by atoms with van der Waals surface area (Å²) in [6.45, 7) is 8.16. The van der Waals surface area contributed by atoms with E-state index in [4.69, 9.17) is 10.5 Å². The zero-order chi connectivity index (χ0) is 24.0. The lowest BCUT2D eigenvalue weighted by Gasteiger charge is -2.50. The fourth-order valence-electron chi connectivity index (χ4n) is 4.59. The molecule has 1 aromatic heterocycles. The Balaban J connectivity index is 1.68. The minimum Gasteiger partial charge on any atom is -0.477 e. The van der Waals surface area contributed by atoms with Crippen molar-refractivity contribution >= 4 is 27.5 Å². The number of nitrogens with two attached hydrogens (primary N) is 1. The summed E-state index contributed by atoms with van der Waals surface area (Å²) in [6, 6.07) is 4.24. The topological polar surface area (TPSA) is 132 Å². The van der Waals surface area contributed by atoms with Crippen LogP contribution in [0.3, 0.4) is 0 Å². The predicted molar refractivity (Wildman–Crippen MR) is 127 cm³/mol. The van der Waals surface area contributed by atoms with Gasteiger partial charge in [0.05, 0.1) is 29.0 Å². The van der Waals surface area contributed by atoms with Gasteiger partial charge in [-0.05, 0) is 62.4 Å². The highest BCUT2D eigenvalue weighted by Gasteiger charge is 2.58. The summed E-state index contributed by atoms with van der Waals surface area (Å²) < 4.78 is 36.7. The molecule has 1 fully saturated rings. The molecule has 1 saturated heterocycles. The average molecular weight is 477 g/mol. The second-order valence-corrected chi connectivity index (χ2v) is 12.3. The van der Waals surface area contributed by atoms with Crippen molar-refractivity contribution in [2.24, 2.45) is 10.7 Å². The number of amides is 1. The number of aromatic nitrogens is 2. The quantitative estimate of drug-likeness (QED) is 0.488. The molecule has 178 valence electrons. The summed E-state index contributed by atoms with van der Waals surface area (Å²) in [7, 11) is -3.03. The zero-order valence-electron chi connectivity index (χ0n) is 19.1. The lowest BCUT2D eigenvalue weighted by molar-refractivity contribution is 0.102. The van der Waals surface area contributed by atoms with E-state index in [-0.39, 0.29) is 17.1 Å². The van der Waals surface area contributed by atoms with Crippen LogP contribution >= 0.6 is 0 Å². The summed E-state index contributed by atoms with van der Waals surface area (Å²) in [6.07, 6.45) is 3.24. The molecule has 2 aliphatic heterocycles. The number of nitrogens with zero attached hydrogens (tertiary/aromatic N) is 3. The van der Waals surface area contributed by atoms with Gasteiger partial charge in [0.1, 0.15) is 22.9 Å². The van der Waals surface area contributed by atoms with E-state index in [2.05, 4.69) is 25.0 Å². The fraction of sp³-hybridized carbons (Fsp3) is 0.455. The van der Waals surface area contributed by atoms with Crippen LogP contribution in [0, 0.1) is 5.82 Å². The highest BCUT2D eigenvalue weighted by atomic mass is 32.3. The largest absolute Gasteiger partial charge is 0.477 e. The number of halogens is 1. The number of fused-ring (bicyclic) bond motifs is 1. The molecule has 2 atom stereocenters. The van der Waals surface area contributed by atoms with Crippen LogP contribution in [0.15, 0.2) is 35.6 Å². The number of nitrogens with one attached hydrogen (secondary N) is 2. The summed E-state index contributed by atoms with van der Waals surface area (Å²) in [5.74, 6) is -0.478. The number of anilines is 1. The van der Waals surface area contributed by atoms with Gasteiger partial charge in [0, 0.05) is 17.8 Å². The van der Waals surface area contributed by atoms with Gasteiger partial charge in [-0.1, -0.05) is 0 Å². The number of benzene rings is 1. The van der Waals surface area contributed by atoms with Crippen molar-refractivity contribution in [1.82, 2.24) is 14.7 Å². The SMILES string of the molecule is CCOc1cnc(C(=O)Nc2ccc(F)c([C@@]3(C)N=C(N)C(C)(C)[SH]4(=O)NCC[C@@H]34)c2)cn1. The van der Waals surface area contributed by atoms with E-state index in [1.165, 1.54) is 30.6 Å². The Morgan fingerprint density at radius 1 is 1.33 bits per heavy atom. The van der Waals surface area contributed by atoms with E-state index in [9.17, 15) is 9.00 Å². The molecule has 9 nitrogen and oxygen atoms in total. The number of rotatable bonds is 5. The standard InChI is InChI=1S/C22H29FN6O3S/c1-5-32-18-12-25-16(11-26-18)19(30)28-13-6-7-15(23)14(10-13)22(4)17-8-9-27-33(17,31)21(2,3)20(24)29-22/h6-7,10-12,17,33H,5,8-9H2,1-4H3,(H2,24,29)(H,27,31)(H,28,30)/t17-,22+/m0/s1. The van der Waals surface area contributed by atoms with E-state index in [1.54, 1.807) is 6.92 Å². The Morgan fingerprint density at radius 2 is 2.09 bits per heavy atom. The van der Waals surface area contributed by atoms with E-state index in [0.717, 1.165) is 0 Å². The van der Waals surface area contributed by atoms with Gasteiger partial charge in [0.2, 0.25) is 5.88 Å². The number of ether oxygens (including phenoxy) is 1. The predicted octanol–water partition coefficient (Wildman–Crippen LogP) is 1.92. The fourth-order valence-corrected chi connectivity index (χ4v) is 8.24. The molecule has 2 aromatic rings. The number of thiol groups is 1. The van der Waals surface area contributed by atoms with Crippen LogP contribution < -0.4 is 20.5 Å².